The van der Waals surface area contributed by atoms with Gasteiger partial charge in [0.2, 0.25) is 10.0 Å². The first kappa shape index (κ1) is 18.0. The van der Waals surface area contributed by atoms with E-state index in [0.29, 0.717) is 18.2 Å². The maximum Gasteiger partial charge on any atom is 0.240 e. The Hall–Kier alpha value is -2.78. The van der Waals surface area contributed by atoms with Gasteiger partial charge in [0.1, 0.15) is 24.3 Å². The lowest BCUT2D eigenvalue weighted by Crippen LogP contribution is -2.29. The maximum atomic E-state index is 12.1. The van der Waals surface area contributed by atoms with Crippen molar-refractivity contribution in [3.05, 3.63) is 60.4 Å². The van der Waals surface area contributed by atoms with Crippen LogP contribution in [0.25, 0.3) is 5.82 Å². The molecular weight excluding hydrogens is 352 g/mol. The molecule has 136 valence electrons. The van der Waals surface area contributed by atoms with E-state index in [1.54, 1.807) is 42.7 Å². The van der Waals surface area contributed by atoms with Gasteiger partial charge in [-0.3, -0.25) is 4.57 Å². The lowest BCUT2D eigenvalue weighted by atomic mass is 10.4. The molecule has 3 aromatic rings. The van der Waals surface area contributed by atoms with Crippen LogP contribution >= 0.6 is 0 Å². The van der Waals surface area contributed by atoms with Crippen LogP contribution in [0.5, 0.6) is 0 Å². The van der Waals surface area contributed by atoms with Crippen molar-refractivity contribution in [1.82, 2.24) is 24.2 Å². The number of sulfonamides is 1. The number of aromatic nitrogens is 4. The van der Waals surface area contributed by atoms with Crippen LogP contribution in [0.1, 0.15) is 11.4 Å². The average Bonchev–Trinajstić information content (AvgIpc) is 2.99. The molecule has 0 saturated heterocycles. The molecule has 2 heterocycles. The van der Waals surface area contributed by atoms with Crippen molar-refractivity contribution in [2.24, 2.45) is 0 Å². The van der Waals surface area contributed by atoms with Crippen LogP contribution in [0.2, 0.25) is 0 Å². The number of nitrogens with zero attached hydrogens (tertiary/aromatic N) is 4. The minimum atomic E-state index is -3.50. The number of benzene rings is 1. The number of nitrogens with one attached hydrogen (secondary N) is 2. The molecule has 8 nitrogen and oxygen atoms in total. The van der Waals surface area contributed by atoms with Gasteiger partial charge in [-0.15, -0.1) is 0 Å². The maximum absolute atomic E-state index is 12.1. The first-order chi connectivity index (χ1) is 12.5. The quantitative estimate of drug-likeness (QED) is 0.612. The molecule has 0 bridgehead atoms. The van der Waals surface area contributed by atoms with E-state index in [1.807, 2.05) is 18.4 Å². The van der Waals surface area contributed by atoms with Crippen molar-refractivity contribution in [3.63, 3.8) is 0 Å². The SMILES string of the molecule is Cc1ncn(-c2cc(NCCNS(=O)(=O)c3ccccc3)ncn2)c1C. The van der Waals surface area contributed by atoms with Crippen molar-refractivity contribution in [2.75, 3.05) is 18.4 Å². The molecule has 2 N–H and O–H groups in total. The largest absolute Gasteiger partial charge is 0.369 e. The van der Waals surface area contributed by atoms with Gasteiger partial charge in [0.25, 0.3) is 0 Å². The summed E-state index contributed by atoms with van der Waals surface area (Å²) in [7, 11) is -3.50. The fourth-order valence-corrected chi connectivity index (χ4v) is 3.42. The Labute approximate surface area is 152 Å². The van der Waals surface area contributed by atoms with Crippen LogP contribution < -0.4 is 10.0 Å². The molecule has 0 unspecified atom stereocenters. The lowest BCUT2D eigenvalue weighted by molar-refractivity contribution is 0.583. The smallest absolute Gasteiger partial charge is 0.240 e. The second-order valence-electron chi connectivity index (χ2n) is 5.68. The van der Waals surface area contributed by atoms with Crippen LogP contribution in [0.4, 0.5) is 5.82 Å². The molecule has 2 aromatic heterocycles. The highest BCUT2D eigenvalue weighted by atomic mass is 32.2. The van der Waals surface area contributed by atoms with E-state index in [0.717, 1.165) is 11.4 Å². The topological polar surface area (TPSA) is 102 Å². The molecule has 26 heavy (non-hydrogen) atoms. The Bertz CT molecular complexity index is 985. The number of aryl methyl sites for hydroxylation is 1. The van der Waals surface area contributed by atoms with Gasteiger partial charge in [0.15, 0.2) is 0 Å². The van der Waals surface area contributed by atoms with Gasteiger partial charge in [-0.2, -0.15) is 0 Å². The average molecular weight is 372 g/mol. The predicted octanol–water partition coefficient (Wildman–Crippen LogP) is 1.67. The molecule has 0 fully saturated rings. The van der Waals surface area contributed by atoms with Crippen molar-refractivity contribution in [2.45, 2.75) is 18.7 Å². The normalized spacial score (nSPS) is 11.5. The molecule has 0 spiro atoms. The summed E-state index contributed by atoms with van der Waals surface area (Å²) in [5.41, 5.74) is 1.94. The highest BCUT2D eigenvalue weighted by molar-refractivity contribution is 7.89. The van der Waals surface area contributed by atoms with Crippen molar-refractivity contribution in [1.29, 1.82) is 0 Å². The van der Waals surface area contributed by atoms with E-state index in [9.17, 15) is 8.42 Å². The third-order valence-electron chi connectivity index (χ3n) is 3.93. The molecule has 0 aliphatic rings. The molecule has 0 aliphatic heterocycles. The van der Waals surface area contributed by atoms with E-state index in [2.05, 4.69) is 25.0 Å². The van der Waals surface area contributed by atoms with Crippen molar-refractivity contribution in [3.8, 4) is 5.82 Å². The minimum absolute atomic E-state index is 0.236. The van der Waals surface area contributed by atoms with Gasteiger partial charge < -0.3 is 5.32 Å². The minimum Gasteiger partial charge on any atom is -0.369 e. The highest BCUT2D eigenvalue weighted by Crippen LogP contribution is 2.13. The summed E-state index contributed by atoms with van der Waals surface area (Å²) in [6.07, 6.45) is 3.17. The van der Waals surface area contributed by atoms with Crippen LogP contribution in [0.15, 0.2) is 53.9 Å². The second kappa shape index (κ2) is 7.63. The van der Waals surface area contributed by atoms with E-state index in [-0.39, 0.29) is 11.4 Å². The fraction of sp³-hybridized carbons (Fsp3) is 0.235. The van der Waals surface area contributed by atoms with E-state index >= 15 is 0 Å². The summed E-state index contributed by atoms with van der Waals surface area (Å²) in [5, 5.41) is 3.09. The highest BCUT2D eigenvalue weighted by Gasteiger charge is 2.12. The van der Waals surface area contributed by atoms with Gasteiger partial charge in [-0.25, -0.2) is 28.1 Å². The number of rotatable bonds is 7. The van der Waals surface area contributed by atoms with E-state index in [4.69, 9.17) is 0 Å². The Morgan fingerprint density at radius 3 is 2.50 bits per heavy atom. The zero-order valence-corrected chi connectivity index (χ0v) is 15.4. The standard InChI is InChI=1S/C17H20N6O2S/c1-13-14(2)23(12-21-13)17-10-16(19-11-20-17)18-8-9-22-26(24,25)15-6-4-3-5-7-15/h3-7,10-12,22H,8-9H2,1-2H3,(H,18,19,20). The van der Waals surface area contributed by atoms with Crippen LogP contribution in [-0.4, -0.2) is 41.0 Å². The monoisotopic (exact) mass is 372 g/mol. The summed E-state index contributed by atoms with van der Waals surface area (Å²) < 4.78 is 28.7. The van der Waals surface area contributed by atoms with Crippen LogP contribution in [-0.2, 0) is 10.0 Å². The zero-order valence-electron chi connectivity index (χ0n) is 14.5. The van der Waals surface area contributed by atoms with Crippen molar-refractivity contribution >= 4 is 15.8 Å². The summed E-state index contributed by atoms with van der Waals surface area (Å²) in [5.74, 6) is 1.31. The molecule has 0 atom stereocenters. The number of imidazole rings is 1. The summed E-state index contributed by atoms with van der Waals surface area (Å²) in [6, 6.07) is 10.1. The first-order valence-electron chi connectivity index (χ1n) is 8.09. The number of hydrogen-bond acceptors (Lipinski definition) is 6. The van der Waals surface area contributed by atoms with Crippen LogP contribution in [0.3, 0.4) is 0 Å². The number of hydrogen-bond donors (Lipinski definition) is 2. The van der Waals surface area contributed by atoms with Gasteiger partial charge in [-0.1, -0.05) is 18.2 Å². The molecule has 1 aromatic carbocycles. The molecule has 3 rings (SSSR count). The second-order valence-corrected chi connectivity index (χ2v) is 7.45. The third kappa shape index (κ3) is 4.06. The number of anilines is 1. The van der Waals surface area contributed by atoms with Gasteiger partial charge in [0, 0.05) is 24.8 Å². The van der Waals surface area contributed by atoms with E-state index < -0.39 is 10.0 Å². The molecular formula is C17H20N6O2S. The van der Waals surface area contributed by atoms with Gasteiger partial charge in [-0.05, 0) is 26.0 Å². The third-order valence-corrected chi connectivity index (χ3v) is 5.40. The molecule has 0 amide bonds. The Kier molecular flexibility index (Phi) is 5.29. The summed E-state index contributed by atoms with van der Waals surface area (Å²) in [6.45, 7) is 4.53. The predicted molar refractivity (Wildman–Crippen MR) is 98.7 cm³/mol. The summed E-state index contributed by atoms with van der Waals surface area (Å²) in [4.78, 5) is 12.9. The molecule has 9 heteroatoms. The zero-order chi connectivity index (χ0) is 18.6. The Balaban J connectivity index is 1.59. The van der Waals surface area contributed by atoms with Gasteiger partial charge >= 0.3 is 0 Å². The lowest BCUT2D eigenvalue weighted by Gasteiger charge is -2.10. The van der Waals surface area contributed by atoms with Gasteiger partial charge in [0.05, 0.1) is 10.6 Å². The first-order valence-corrected chi connectivity index (χ1v) is 9.57. The van der Waals surface area contributed by atoms with Crippen LogP contribution in [0, 0.1) is 13.8 Å². The Morgan fingerprint density at radius 1 is 1.04 bits per heavy atom. The van der Waals surface area contributed by atoms with E-state index in [1.165, 1.54) is 6.33 Å². The fourth-order valence-electron chi connectivity index (χ4n) is 2.36. The Morgan fingerprint density at radius 2 is 1.81 bits per heavy atom. The summed E-state index contributed by atoms with van der Waals surface area (Å²) >= 11 is 0. The molecule has 0 aliphatic carbocycles. The van der Waals surface area contributed by atoms with Crippen molar-refractivity contribution < 1.29 is 8.42 Å². The molecule has 0 radical (unpaired) electrons. The molecule has 0 saturated carbocycles.